The van der Waals surface area contributed by atoms with Gasteiger partial charge < -0.3 is 9.64 Å². The summed E-state index contributed by atoms with van der Waals surface area (Å²) < 4.78 is 9.27. The van der Waals surface area contributed by atoms with Gasteiger partial charge in [-0.05, 0) is 76.3 Å². The predicted octanol–water partition coefficient (Wildman–Crippen LogP) is 13.8. The lowest BCUT2D eigenvalue weighted by Gasteiger charge is -2.30. The Morgan fingerprint density at radius 2 is 1.08 bits per heavy atom. The first-order valence-electron chi connectivity index (χ1n) is 16.6. The molecule has 0 saturated heterocycles. The van der Waals surface area contributed by atoms with Crippen molar-refractivity contribution in [2.24, 2.45) is 0 Å². The van der Waals surface area contributed by atoms with Gasteiger partial charge in [0.2, 0.25) is 0 Å². The molecule has 0 fully saturated rings. The van der Waals surface area contributed by atoms with Gasteiger partial charge in [0.15, 0.2) is 0 Å². The summed E-state index contributed by atoms with van der Waals surface area (Å²) in [7, 11) is 0. The molecule has 0 unspecified atom stereocenters. The van der Waals surface area contributed by atoms with Gasteiger partial charge in [-0.25, -0.2) is 0 Å². The van der Waals surface area contributed by atoms with Crippen LogP contribution in [-0.2, 0) is 0 Å². The van der Waals surface area contributed by atoms with Crippen LogP contribution in [0.3, 0.4) is 0 Å². The Morgan fingerprint density at radius 3 is 1.90 bits per heavy atom. The molecule has 10 rings (SSSR count). The summed E-state index contributed by atoms with van der Waals surface area (Å²) in [5.74, 6) is 1.77. The van der Waals surface area contributed by atoms with Crippen molar-refractivity contribution in [3.05, 3.63) is 176 Å². The zero-order chi connectivity index (χ0) is 32.3. The third-order valence-electron chi connectivity index (χ3n) is 9.66. The van der Waals surface area contributed by atoms with Gasteiger partial charge in [-0.15, -0.1) is 11.3 Å². The molecule has 0 N–H and O–H groups in total. The van der Waals surface area contributed by atoms with Gasteiger partial charge in [0.25, 0.3) is 0 Å². The van der Waals surface area contributed by atoms with E-state index in [2.05, 4.69) is 175 Å². The van der Waals surface area contributed by atoms with Crippen LogP contribution in [0, 0.1) is 0 Å². The average Bonchev–Trinajstić information content (AvgIpc) is 3.56. The molecule has 1 aromatic heterocycles. The third-order valence-corrected chi connectivity index (χ3v) is 10.9. The van der Waals surface area contributed by atoms with Crippen LogP contribution in [0.5, 0.6) is 11.5 Å². The second kappa shape index (κ2) is 11.2. The van der Waals surface area contributed by atoms with E-state index in [1.165, 1.54) is 36.9 Å². The highest BCUT2D eigenvalue weighted by atomic mass is 32.1. The smallest absolute Gasteiger partial charge is 0.136 e. The molecule has 0 spiro atoms. The maximum atomic E-state index is 6.72. The highest BCUT2D eigenvalue weighted by Crippen LogP contribution is 2.53. The van der Waals surface area contributed by atoms with Crippen molar-refractivity contribution in [3.8, 4) is 44.9 Å². The maximum absolute atomic E-state index is 6.72. The van der Waals surface area contributed by atoms with E-state index in [0.717, 1.165) is 56.0 Å². The zero-order valence-electron chi connectivity index (χ0n) is 26.5. The fourth-order valence-electron chi connectivity index (χ4n) is 7.37. The Kier molecular flexibility index (Phi) is 6.39. The van der Waals surface area contributed by atoms with E-state index in [0.29, 0.717) is 0 Å². The van der Waals surface area contributed by atoms with Gasteiger partial charge in [-0.2, -0.15) is 0 Å². The molecule has 2 heterocycles. The zero-order valence-corrected chi connectivity index (χ0v) is 27.3. The summed E-state index contributed by atoms with van der Waals surface area (Å²) in [6, 6.07) is 63.1. The van der Waals surface area contributed by atoms with Gasteiger partial charge in [0.05, 0.1) is 16.1 Å². The van der Waals surface area contributed by atoms with Crippen molar-refractivity contribution >= 4 is 59.3 Å². The van der Waals surface area contributed by atoms with Crippen molar-refractivity contribution in [2.45, 2.75) is 0 Å². The SMILES string of the molecule is c1ccc(-c2ccc(N(c3ccc4c5c(cc(-c6ccccc6)cc35)Oc3ccccc3-4)c3cccc4c3sc3ccccc34)cc2)cc1. The minimum atomic E-state index is 0.881. The number of fused-ring (bicyclic) bond motifs is 5. The second-order valence-electron chi connectivity index (χ2n) is 12.5. The Morgan fingerprint density at radius 1 is 0.408 bits per heavy atom. The van der Waals surface area contributed by atoms with E-state index in [9.17, 15) is 0 Å². The second-order valence-corrected chi connectivity index (χ2v) is 13.5. The van der Waals surface area contributed by atoms with Gasteiger partial charge in [0.1, 0.15) is 11.5 Å². The van der Waals surface area contributed by atoms with E-state index in [-0.39, 0.29) is 0 Å². The van der Waals surface area contributed by atoms with E-state index >= 15 is 0 Å². The highest BCUT2D eigenvalue weighted by molar-refractivity contribution is 7.26. The normalized spacial score (nSPS) is 11.8. The van der Waals surface area contributed by atoms with Crippen LogP contribution < -0.4 is 9.64 Å². The molecule has 0 bridgehead atoms. The van der Waals surface area contributed by atoms with E-state index in [1.54, 1.807) is 0 Å². The summed E-state index contributed by atoms with van der Waals surface area (Å²) in [4.78, 5) is 2.45. The summed E-state index contributed by atoms with van der Waals surface area (Å²) in [6.45, 7) is 0. The number of hydrogen-bond acceptors (Lipinski definition) is 3. The Labute approximate surface area is 288 Å². The van der Waals surface area contributed by atoms with Gasteiger partial charge in [-0.1, -0.05) is 127 Å². The molecule has 2 nitrogen and oxygen atoms in total. The quantitative estimate of drug-likeness (QED) is 0.185. The lowest BCUT2D eigenvalue weighted by atomic mass is 9.90. The van der Waals surface area contributed by atoms with E-state index in [4.69, 9.17) is 4.74 Å². The maximum Gasteiger partial charge on any atom is 0.136 e. The number of ether oxygens (including phenoxy) is 1. The molecule has 0 amide bonds. The first-order chi connectivity index (χ1) is 24.3. The fourth-order valence-corrected chi connectivity index (χ4v) is 8.58. The molecule has 49 heavy (non-hydrogen) atoms. The number of benzene rings is 8. The van der Waals surface area contributed by atoms with Crippen LogP contribution in [-0.4, -0.2) is 0 Å². The minimum Gasteiger partial charge on any atom is -0.456 e. The van der Waals surface area contributed by atoms with Crippen molar-refractivity contribution < 1.29 is 4.74 Å². The molecule has 0 saturated carbocycles. The molecule has 230 valence electrons. The van der Waals surface area contributed by atoms with Crippen molar-refractivity contribution in [1.82, 2.24) is 0 Å². The van der Waals surface area contributed by atoms with E-state index in [1.807, 2.05) is 17.4 Å². The van der Waals surface area contributed by atoms with Gasteiger partial charge >= 0.3 is 0 Å². The molecule has 0 aliphatic carbocycles. The number of para-hydroxylation sites is 1. The Balaban J connectivity index is 1.28. The highest BCUT2D eigenvalue weighted by Gasteiger charge is 2.26. The lowest BCUT2D eigenvalue weighted by Crippen LogP contribution is -2.11. The van der Waals surface area contributed by atoms with E-state index < -0.39 is 0 Å². The first-order valence-corrected chi connectivity index (χ1v) is 17.4. The Bertz CT molecular complexity index is 2680. The molecular weight excluding hydrogens is 615 g/mol. The van der Waals surface area contributed by atoms with Crippen LogP contribution in [0.2, 0.25) is 0 Å². The van der Waals surface area contributed by atoms with Crippen LogP contribution in [0.4, 0.5) is 17.1 Å². The molecule has 9 aromatic rings. The minimum absolute atomic E-state index is 0.881. The fraction of sp³-hybridized carbons (Fsp3) is 0. The summed E-state index contributed by atoms with van der Waals surface area (Å²) in [6.07, 6.45) is 0. The third kappa shape index (κ3) is 4.55. The molecule has 1 aliphatic rings. The molecule has 0 radical (unpaired) electrons. The largest absolute Gasteiger partial charge is 0.456 e. The van der Waals surface area contributed by atoms with Gasteiger partial charge in [-0.3, -0.25) is 0 Å². The van der Waals surface area contributed by atoms with Crippen LogP contribution in [0.25, 0.3) is 64.3 Å². The number of hydrogen-bond donors (Lipinski definition) is 0. The number of nitrogens with zero attached hydrogens (tertiary/aromatic N) is 1. The van der Waals surface area contributed by atoms with Crippen molar-refractivity contribution in [3.63, 3.8) is 0 Å². The van der Waals surface area contributed by atoms with Crippen molar-refractivity contribution in [2.75, 3.05) is 4.90 Å². The molecule has 3 heteroatoms. The average molecular weight is 644 g/mol. The number of rotatable bonds is 5. The molecule has 1 aliphatic heterocycles. The van der Waals surface area contributed by atoms with Crippen LogP contribution in [0.15, 0.2) is 176 Å². The summed E-state index contributed by atoms with van der Waals surface area (Å²) in [5.41, 5.74) is 10.4. The number of thiophene rings is 1. The standard InChI is InChI=1S/C46H29NOS/c1-3-12-30(13-4-1)32-22-24-34(25-23-32)47(41-19-11-18-38-36-17-8-10-21-44(36)49-46(38)41)40-27-26-37-35-16-7-9-20-42(35)48-43-29-33(28-39(40)45(37)43)31-14-5-2-6-15-31/h1-29H. The number of anilines is 3. The van der Waals surface area contributed by atoms with Crippen molar-refractivity contribution in [1.29, 1.82) is 0 Å². The van der Waals surface area contributed by atoms with Crippen LogP contribution >= 0.6 is 11.3 Å². The van der Waals surface area contributed by atoms with Crippen LogP contribution in [0.1, 0.15) is 0 Å². The molecule has 0 atom stereocenters. The predicted molar refractivity (Wildman–Crippen MR) is 208 cm³/mol. The summed E-state index contributed by atoms with van der Waals surface area (Å²) in [5, 5.41) is 4.84. The molecular formula is C46H29NOS. The lowest BCUT2D eigenvalue weighted by molar-refractivity contribution is 0.487. The summed E-state index contributed by atoms with van der Waals surface area (Å²) >= 11 is 1.86. The monoisotopic (exact) mass is 643 g/mol. The topological polar surface area (TPSA) is 12.5 Å². The van der Waals surface area contributed by atoms with Gasteiger partial charge in [0, 0.05) is 37.5 Å². The molecule has 8 aromatic carbocycles. The first kappa shape index (κ1) is 27.9. The Hall–Kier alpha value is -6.16.